The minimum atomic E-state index is -3.76. The van der Waals surface area contributed by atoms with Gasteiger partial charge in [0.1, 0.15) is 0 Å². The first-order valence-electron chi connectivity index (χ1n) is 6.19. The maximum atomic E-state index is 12.3. The Balaban J connectivity index is 2.34. The average molecular weight is 451 g/mol. The van der Waals surface area contributed by atoms with Gasteiger partial charge < -0.3 is 0 Å². The van der Waals surface area contributed by atoms with Crippen LogP contribution in [0.5, 0.6) is 0 Å². The number of anilines is 1. The van der Waals surface area contributed by atoms with Gasteiger partial charge in [0.05, 0.1) is 15.5 Å². The molecule has 0 radical (unpaired) electrons. The van der Waals surface area contributed by atoms with E-state index < -0.39 is 19.9 Å². The molecule has 2 aromatic rings. The summed E-state index contributed by atoms with van der Waals surface area (Å²) < 4.78 is 51.0. The van der Waals surface area contributed by atoms with Crippen molar-refractivity contribution >= 4 is 48.1 Å². The van der Waals surface area contributed by atoms with Gasteiger partial charge in [0.15, 0.2) is 9.84 Å². The molecule has 118 valence electrons. The molecule has 0 heterocycles. The summed E-state index contributed by atoms with van der Waals surface area (Å²) in [6.45, 7) is 1.81. The molecule has 0 spiro atoms. The molecule has 0 amide bonds. The molecule has 0 fully saturated rings. The van der Waals surface area contributed by atoms with Crippen molar-refractivity contribution in [2.45, 2.75) is 16.7 Å². The van der Waals surface area contributed by atoms with Crippen molar-refractivity contribution in [3.8, 4) is 0 Å². The number of hydrogen-bond acceptors (Lipinski definition) is 4. The van der Waals surface area contributed by atoms with Crippen molar-refractivity contribution in [3.63, 3.8) is 0 Å². The third kappa shape index (κ3) is 3.99. The Kier molecular flexibility index (Phi) is 4.83. The van der Waals surface area contributed by atoms with Crippen molar-refractivity contribution in [1.82, 2.24) is 0 Å². The molecule has 5 nitrogen and oxygen atoms in total. The first-order chi connectivity index (χ1) is 10.1. The van der Waals surface area contributed by atoms with Crippen molar-refractivity contribution in [2.24, 2.45) is 0 Å². The summed E-state index contributed by atoms with van der Waals surface area (Å²) in [6.07, 6.45) is 1.07. The van der Waals surface area contributed by atoms with E-state index in [-0.39, 0.29) is 9.79 Å². The summed E-state index contributed by atoms with van der Waals surface area (Å²) in [6, 6.07) is 10.5. The molecule has 0 aromatic heterocycles. The zero-order chi connectivity index (χ0) is 16.5. The predicted octanol–water partition coefficient (Wildman–Crippen LogP) is 2.80. The summed E-state index contributed by atoms with van der Waals surface area (Å²) in [5, 5.41) is 0. The van der Waals surface area contributed by atoms with Crippen LogP contribution in [0, 0.1) is 10.5 Å². The molecule has 0 atom stereocenters. The molecule has 0 aliphatic carbocycles. The topological polar surface area (TPSA) is 80.3 Å². The van der Waals surface area contributed by atoms with Gasteiger partial charge in [-0.1, -0.05) is 0 Å². The molecule has 0 aliphatic heterocycles. The van der Waals surface area contributed by atoms with Gasteiger partial charge in [-0.3, -0.25) is 4.72 Å². The Morgan fingerprint density at radius 1 is 0.909 bits per heavy atom. The van der Waals surface area contributed by atoms with Gasteiger partial charge in [-0.25, -0.2) is 16.8 Å². The van der Waals surface area contributed by atoms with E-state index in [2.05, 4.69) is 27.3 Å². The van der Waals surface area contributed by atoms with Crippen molar-refractivity contribution < 1.29 is 16.8 Å². The Bertz CT molecular complexity index is 904. The lowest BCUT2D eigenvalue weighted by molar-refractivity contribution is 0.597. The Morgan fingerprint density at radius 3 is 1.95 bits per heavy atom. The highest BCUT2D eigenvalue weighted by molar-refractivity contribution is 14.1. The third-order valence-electron chi connectivity index (χ3n) is 2.99. The second-order valence-electron chi connectivity index (χ2n) is 4.81. The van der Waals surface area contributed by atoms with Gasteiger partial charge in [0.25, 0.3) is 10.0 Å². The van der Waals surface area contributed by atoms with E-state index in [1.807, 2.05) is 13.0 Å². The van der Waals surface area contributed by atoms with Crippen LogP contribution in [0.15, 0.2) is 52.3 Å². The molecule has 0 saturated carbocycles. The first kappa shape index (κ1) is 17.2. The van der Waals surface area contributed by atoms with Crippen molar-refractivity contribution in [2.75, 3.05) is 11.0 Å². The molecule has 8 heteroatoms. The number of halogens is 1. The lowest BCUT2D eigenvalue weighted by atomic mass is 10.2. The number of benzene rings is 2. The monoisotopic (exact) mass is 451 g/mol. The van der Waals surface area contributed by atoms with E-state index in [0.717, 1.165) is 15.4 Å². The van der Waals surface area contributed by atoms with Crippen LogP contribution >= 0.6 is 22.6 Å². The number of nitrogens with one attached hydrogen (secondary N) is 1. The van der Waals surface area contributed by atoms with E-state index in [0.29, 0.717) is 5.69 Å². The molecule has 22 heavy (non-hydrogen) atoms. The molecule has 2 rings (SSSR count). The second-order valence-corrected chi connectivity index (χ2v) is 9.75. The number of hydrogen-bond donors (Lipinski definition) is 1. The van der Waals surface area contributed by atoms with Crippen LogP contribution in [0.3, 0.4) is 0 Å². The molecule has 0 aliphatic rings. The van der Waals surface area contributed by atoms with Gasteiger partial charge >= 0.3 is 0 Å². The minimum Gasteiger partial charge on any atom is -0.279 e. The van der Waals surface area contributed by atoms with E-state index in [9.17, 15) is 16.8 Å². The van der Waals surface area contributed by atoms with Crippen LogP contribution in [0.1, 0.15) is 5.56 Å². The zero-order valence-electron chi connectivity index (χ0n) is 11.9. The van der Waals surface area contributed by atoms with E-state index in [1.165, 1.54) is 24.3 Å². The lowest BCUT2D eigenvalue weighted by Crippen LogP contribution is -2.14. The smallest absolute Gasteiger partial charge is 0.261 e. The number of aryl methyl sites for hydroxylation is 1. The van der Waals surface area contributed by atoms with Crippen LogP contribution in [0.2, 0.25) is 0 Å². The molecule has 0 saturated heterocycles. The van der Waals surface area contributed by atoms with Crippen LogP contribution in [-0.2, 0) is 19.9 Å². The third-order valence-corrected chi connectivity index (χ3v) is 6.18. The Labute approximate surface area is 143 Å². The highest BCUT2D eigenvalue weighted by atomic mass is 127. The first-order valence-corrected chi connectivity index (χ1v) is 10.6. The van der Waals surface area contributed by atoms with Gasteiger partial charge in [-0.15, -0.1) is 0 Å². The summed E-state index contributed by atoms with van der Waals surface area (Å²) in [4.78, 5) is 0.0924. The Hall–Kier alpha value is -1.13. The van der Waals surface area contributed by atoms with Gasteiger partial charge in [-0.05, 0) is 77.5 Å². The predicted molar refractivity (Wildman–Crippen MR) is 94.3 cm³/mol. The van der Waals surface area contributed by atoms with Gasteiger partial charge in [0.2, 0.25) is 0 Å². The molecule has 0 unspecified atom stereocenters. The lowest BCUT2D eigenvalue weighted by Gasteiger charge is -2.11. The minimum absolute atomic E-state index is 0.0119. The molecule has 0 bridgehead atoms. The van der Waals surface area contributed by atoms with Crippen LogP contribution < -0.4 is 4.72 Å². The van der Waals surface area contributed by atoms with Gasteiger partial charge in [0, 0.05) is 9.83 Å². The SMILES string of the molecule is Cc1cc(I)ccc1NS(=O)(=O)c1ccc(S(C)(=O)=O)cc1. The fraction of sp³-hybridized carbons (Fsp3) is 0.143. The standard InChI is InChI=1S/C14H14INO4S2/c1-10-9-11(15)3-8-14(10)16-22(19,20)13-6-4-12(5-7-13)21(2,17)18/h3-9,16H,1-2H3. The zero-order valence-corrected chi connectivity index (χ0v) is 15.7. The van der Waals surface area contributed by atoms with Crippen molar-refractivity contribution in [3.05, 3.63) is 51.6 Å². The second kappa shape index (κ2) is 6.17. The molecular weight excluding hydrogens is 437 g/mol. The summed E-state index contributed by atoms with van der Waals surface area (Å²) >= 11 is 2.15. The van der Waals surface area contributed by atoms with Crippen LogP contribution in [0.4, 0.5) is 5.69 Å². The summed E-state index contributed by atoms with van der Waals surface area (Å²) in [7, 11) is -7.11. The number of sulfonamides is 1. The number of rotatable bonds is 4. The van der Waals surface area contributed by atoms with Crippen molar-refractivity contribution in [1.29, 1.82) is 0 Å². The maximum Gasteiger partial charge on any atom is 0.261 e. The van der Waals surface area contributed by atoms with Crippen LogP contribution in [0.25, 0.3) is 0 Å². The highest BCUT2D eigenvalue weighted by Gasteiger charge is 2.16. The molecular formula is C14H14INO4S2. The molecule has 2 aromatic carbocycles. The van der Waals surface area contributed by atoms with E-state index >= 15 is 0 Å². The summed E-state index contributed by atoms with van der Waals surface area (Å²) in [5.74, 6) is 0. The van der Waals surface area contributed by atoms with Crippen LogP contribution in [-0.4, -0.2) is 23.1 Å². The maximum absolute atomic E-state index is 12.3. The highest BCUT2D eigenvalue weighted by Crippen LogP contribution is 2.22. The fourth-order valence-electron chi connectivity index (χ4n) is 1.81. The normalized spacial score (nSPS) is 12.1. The summed E-state index contributed by atoms with van der Waals surface area (Å²) in [5.41, 5.74) is 1.30. The fourth-order valence-corrected chi connectivity index (χ4v) is 4.22. The van der Waals surface area contributed by atoms with E-state index in [1.54, 1.807) is 12.1 Å². The largest absolute Gasteiger partial charge is 0.279 e. The Morgan fingerprint density at radius 2 is 1.45 bits per heavy atom. The van der Waals surface area contributed by atoms with Gasteiger partial charge in [-0.2, -0.15) is 0 Å². The quantitative estimate of drug-likeness (QED) is 0.726. The average Bonchev–Trinajstić information content (AvgIpc) is 2.41. The number of sulfone groups is 1. The van der Waals surface area contributed by atoms with E-state index in [4.69, 9.17) is 0 Å². The molecule has 1 N–H and O–H groups in total.